The summed E-state index contributed by atoms with van der Waals surface area (Å²) in [5.41, 5.74) is 6.92. The number of aryl methyl sites for hydroxylation is 3. The third kappa shape index (κ3) is 3.43. The first kappa shape index (κ1) is 20.8. The number of pyridine rings is 1. The molecule has 0 saturated heterocycles. The van der Waals surface area contributed by atoms with Crippen LogP contribution in [-0.2, 0) is 13.5 Å². The molecule has 0 radical (unpaired) electrons. The van der Waals surface area contributed by atoms with Crippen LogP contribution in [0.4, 0.5) is 0 Å². The second-order valence-electron chi connectivity index (χ2n) is 8.36. The first-order valence-electron chi connectivity index (χ1n) is 10.9. The Labute approximate surface area is 172 Å². The van der Waals surface area contributed by atoms with E-state index in [-0.39, 0.29) is 0 Å². The van der Waals surface area contributed by atoms with Crippen molar-refractivity contribution in [3.8, 4) is 11.3 Å². The average Bonchev–Trinajstić information content (AvgIpc) is 2.72. The molecular formula is C26H36NSi+. The lowest BCUT2D eigenvalue weighted by molar-refractivity contribution is -0.659. The Morgan fingerprint density at radius 1 is 0.857 bits per heavy atom. The Morgan fingerprint density at radius 2 is 1.54 bits per heavy atom. The zero-order valence-corrected chi connectivity index (χ0v) is 19.8. The van der Waals surface area contributed by atoms with Crippen LogP contribution in [0.1, 0.15) is 44.4 Å². The smallest absolute Gasteiger partial charge is 0.200 e. The van der Waals surface area contributed by atoms with Gasteiger partial charge >= 0.3 is 0 Å². The topological polar surface area (TPSA) is 3.88 Å². The molecule has 1 heterocycles. The summed E-state index contributed by atoms with van der Waals surface area (Å²) in [5.74, 6) is 0. The van der Waals surface area contributed by atoms with Crippen LogP contribution < -0.4 is 9.75 Å². The van der Waals surface area contributed by atoms with E-state index in [2.05, 4.69) is 95.8 Å². The number of nitrogens with zero attached hydrogens (tertiary/aromatic N) is 1. The molecule has 1 nitrogen and oxygen atoms in total. The van der Waals surface area contributed by atoms with E-state index in [9.17, 15) is 0 Å². The number of aromatic nitrogens is 1. The van der Waals surface area contributed by atoms with Crippen molar-refractivity contribution in [3.05, 3.63) is 59.3 Å². The van der Waals surface area contributed by atoms with Gasteiger partial charge in [0.05, 0.1) is 19.0 Å². The third-order valence-electron chi connectivity index (χ3n) is 7.17. The van der Waals surface area contributed by atoms with Crippen molar-refractivity contribution in [1.29, 1.82) is 0 Å². The molecule has 148 valence electrons. The molecule has 0 bridgehead atoms. The highest BCUT2D eigenvalue weighted by atomic mass is 28.3. The van der Waals surface area contributed by atoms with Crippen LogP contribution >= 0.6 is 0 Å². The Hall–Kier alpha value is -1.93. The molecule has 0 N–H and O–H groups in total. The molecule has 2 aromatic carbocycles. The average molecular weight is 391 g/mol. The van der Waals surface area contributed by atoms with E-state index in [0.717, 1.165) is 6.42 Å². The van der Waals surface area contributed by atoms with Gasteiger partial charge in [0.25, 0.3) is 0 Å². The third-order valence-corrected chi connectivity index (χ3v) is 12.8. The lowest BCUT2D eigenvalue weighted by Gasteiger charge is -2.29. The molecule has 0 aliphatic rings. The summed E-state index contributed by atoms with van der Waals surface area (Å²) in [6.07, 6.45) is 3.31. The van der Waals surface area contributed by atoms with E-state index in [1.807, 2.05) is 0 Å². The highest BCUT2D eigenvalue weighted by molar-refractivity contribution is 6.91. The standard InChI is InChI=1S/C26H36NSi/c1-8-21-16-19(5)20(6)25(17-21)26-24-13-12-23(28(9-2,10-3)11-4)18-22(24)14-15-27(26)7/h12-18H,8-11H2,1-7H3/q+1. The van der Waals surface area contributed by atoms with Gasteiger partial charge in [0, 0.05) is 6.07 Å². The van der Waals surface area contributed by atoms with Gasteiger partial charge in [0.1, 0.15) is 7.05 Å². The van der Waals surface area contributed by atoms with Crippen LogP contribution in [0.15, 0.2) is 42.6 Å². The van der Waals surface area contributed by atoms with E-state index < -0.39 is 8.07 Å². The molecule has 0 fully saturated rings. The maximum absolute atomic E-state index is 2.51. The van der Waals surface area contributed by atoms with E-state index >= 15 is 0 Å². The molecule has 0 aliphatic carbocycles. The van der Waals surface area contributed by atoms with Gasteiger partial charge in [-0.25, -0.2) is 4.57 Å². The van der Waals surface area contributed by atoms with Crippen LogP contribution in [-0.4, -0.2) is 8.07 Å². The maximum Gasteiger partial charge on any atom is 0.220 e. The molecule has 0 spiro atoms. The van der Waals surface area contributed by atoms with Crippen molar-refractivity contribution >= 4 is 24.0 Å². The molecule has 0 amide bonds. The number of fused-ring (bicyclic) bond motifs is 1. The van der Waals surface area contributed by atoms with Crippen LogP contribution in [0.25, 0.3) is 22.0 Å². The number of rotatable bonds is 6. The summed E-state index contributed by atoms with van der Waals surface area (Å²) in [5, 5.41) is 4.38. The van der Waals surface area contributed by atoms with E-state index in [1.54, 1.807) is 5.19 Å². The number of hydrogen-bond acceptors (Lipinski definition) is 0. The summed E-state index contributed by atoms with van der Waals surface area (Å²) in [6, 6.07) is 18.4. The lowest BCUT2D eigenvalue weighted by atomic mass is 9.93. The minimum Gasteiger partial charge on any atom is -0.200 e. The molecule has 3 aromatic rings. The fourth-order valence-corrected chi connectivity index (χ4v) is 8.41. The second-order valence-corrected chi connectivity index (χ2v) is 13.6. The Balaban J connectivity index is 2.29. The van der Waals surface area contributed by atoms with Gasteiger partial charge in [-0.3, -0.25) is 0 Å². The van der Waals surface area contributed by atoms with Crippen molar-refractivity contribution in [3.63, 3.8) is 0 Å². The second kappa shape index (κ2) is 8.20. The van der Waals surface area contributed by atoms with Crippen LogP contribution in [0.2, 0.25) is 18.1 Å². The highest BCUT2D eigenvalue weighted by Gasteiger charge is 2.29. The molecule has 3 rings (SSSR count). The lowest BCUT2D eigenvalue weighted by Crippen LogP contribution is -2.45. The van der Waals surface area contributed by atoms with Crippen molar-refractivity contribution in [2.45, 2.75) is 66.1 Å². The fourth-order valence-electron chi connectivity index (χ4n) is 4.78. The largest absolute Gasteiger partial charge is 0.220 e. The minimum absolute atomic E-state index is 1.07. The van der Waals surface area contributed by atoms with E-state index in [4.69, 9.17) is 0 Å². The predicted molar refractivity (Wildman–Crippen MR) is 126 cm³/mol. The Bertz CT molecular complexity index is 991. The first-order chi connectivity index (χ1) is 13.4. The summed E-state index contributed by atoms with van der Waals surface area (Å²) in [6.45, 7) is 13.9. The Kier molecular flexibility index (Phi) is 6.09. The van der Waals surface area contributed by atoms with Crippen LogP contribution in [0.3, 0.4) is 0 Å². The van der Waals surface area contributed by atoms with Crippen LogP contribution in [0, 0.1) is 13.8 Å². The summed E-state index contributed by atoms with van der Waals surface area (Å²) < 4.78 is 2.30. The molecule has 1 aromatic heterocycles. The minimum atomic E-state index is -1.36. The zero-order chi connectivity index (χ0) is 20.5. The first-order valence-corrected chi connectivity index (χ1v) is 13.6. The van der Waals surface area contributed by atoms with E-state index in [0.29, 0.717) is 0 Å². The SMILES string of the molecule is CCc1cc(C)c(C)c(-c2c3ccc([Si](CC)(CC)CC)cc3cc[n+]2C)c1. The Morgan fingerprint density at radius 3 is 2.14 bits per heavy atom. The van der Waals surface area contributed by atoms with Gasteiger partial charge in [-0.15, -0.1) is 0 Å². The molecular weight excluding hydrogens is 354 g/mol. The van der Waals surface area contributed by atoms with Crippen molar-refractivity contribution in [2.24, 2.45) is 7.05 Å². The highest BCUT2D eigenvalue weighted by Crippen LogP contribution is 2.31. The van der Waals surface area contributed by atoms with Gasteiger partial charge in [-0.05, 0) is 54.5 Å². The van der Waals surface area contributed by atoms with Gasteiger partial charge in [0.2, 0.25) is 5.69 Å². The monoisotopic (exact) mass is 390 g/mol. The zero-order valence-electron chi connectivity index (χ0n) is 18.8. The number of hydrogen-bond donors (Lipinski definition) is 0. The predicted octanol–water partition coefficient (Wildman–Crippen LogP) is 6.23. The molecule has 0 saturated carbocycles. The maximum atomic E-state index is 2.51. The normalized spacial score (nSPS) is 12.0. The van der Waals surface area contributed by atoms with Gasteiger partial charge < -0.3 is 0 Å². The summed E-state index contributed by atoms with van der Waals surface area (Å²) in [4.78, 5) is 0. The van der Waals surface area contributed by atoms with Crippen LogP contribution in [0.5, 0.6) is 0 Å². The van der Waals surface area contributed by atoms with Gasteiger partial charge in [-0.1, -0.05) is 69.2 Å². The summed E-state index contributed by atoms with van der Waals surface area (Å²) in [7, 11) is 0.817. The number of benzene rings is 2. The van der Waals surface area contributed by atoms with E-state index in [1.165, 1.54) is 56.9 Å². The van der Waals surface area contributed by atoms with Crippen molar-refractivity contribution in [2.75, 3.05) is 0 Å². The molecule has 28 heavy (non-hydrogen) atoms. The van der Waals surface area contributed by atoms with Crippen molar-refractivity contribution < 1.29 is 4.57 Å². The molecule has 0 aliphatic heterocycles. The molecule has 0 unspecified atom stereocenters. The molecule has 0 atom stereocenters. The quantitative estimate of drug-likeness (QED) is 0.347. The molecule has 2 heteroatoms. The summed E-state index contributed by atoms with van der Waals surface area (Å²) >= 11 is 0. The van der Waals surface area contributed by atoms with Gasteiger partial charge in [-0.2, -0.15) is 0 Å². The fraction of sp³-hybridized carbons (Fsp3) is 0.423. The van der Waals surface area contributed by atoms with Crippen molar-refractivity contribution in [1.82, 2.24) is 0 Å². The van der Waals surface area contributed by atoms with Gasteiger partial charge in [0.15, 0.2) is 6.20 Å².